The van der Waals surface area contributed by atoms with Crippen LogP contribution in [0, 0.1) is 0 Å². The van der Waals surface area contributed by atoms with Crippen molar-refractivity contribution in [2.24, 2.45) is 0 Å². The molecule has 0 fully saturated rings. The zero-order valence-electron chi connectivity index (χ0n) is 16.1. The summed E-state index contributed by atoms with van der Waals surface area (Å²) in [5.74, 6) is 1.09. The highest BCUT2D eigenvalue weighted by Gasteiger charge is 2.14. The zero-order valence-corrected chi connectivity index (χ0v) is 16.9. The van der Waals surface area contributed by atoms with Gasteiger partial charge in [-0.25, -0.2) is 4.98 Å². The lowest BCUT2D eigenvalue weighted by Crippen LogP contribution is -2.23. The average molecular weight is 415 g/mol. The minimum absolute atomic E-state index is 0.166. The van der Waals surface area contributed by atoms with Crippen LogP contribution in [-0.2, 0) is 5.88 Å². The molecule has 0 saturated heterocycles. The molecule has 0 aliphatic rings. The molecule has 0 aliphatic heterocycles. The summed E-state index contributed by atoms with van der Waals surface area (Å²) < 4.78 is 8.71. The lowest BCUT2D eigenvalue weighted by molar-refractivity contribution is 0.414. The number of hydrogen-bond acceptors (Lipinski definition) is 6. The van der Waals surface area contributed by atoms with Gasteiger partial charge in [-0.05, 0) is 48.5 Å². The van der Waals surface area contributed by atoms with Gasteiger partial charge in [0, 0.05) is 5.69 Å². The van der Waals surface area contributed by atoms with E-state index in [4.69, 9.17) is 9.72 Å². The highest BCUT2D eigenvalue weighted by Crippen LogP contribution is 2.29. The van der Waals surface area contributed by atoms with Crippen molar-refractivity contribution in [3.05, 3.63) is 83.2 Å². The molecule has 8 heteroatoms. The molecule has 0 aliphatic carbocycles. The van der Waals surface area contributed by atoms with Gasteiger partial charge in [-0.15, -0.1) is 5.10 Å². The van der Waals surface area contributed by atoms with E-state index in [2.05, 4.69) is 14.9 Å². The molecule has 30 heavy (non-hydrogen) atoms. The summed E-state index contributed by atoms with van der Waals surface area (Å²) in [5.41, 5.74) is 3.26. The fraction of sp³-hybridized carbons (Fsp3) is 0.0909. The Hall–Kier alpha value is -3.65. The monoisotopic (exact) mass is 415 g/mol. The molecule has 0 spiro atoms. The molecule has 0 radical (unpaired) electrons. The number of aromatic nitrogens is 5. The molecule has 2 heterocycles. The summed E-state index contributed by atoms with van der Waals surface area (Å²) in [7, 11) is 1.64. The Balaban J connectivity index is 1.54. The second kappa shape index (κ2) is 7.64. The Morgan fingerprint density at radius 3 is 2.47 bits per heavy atom. The van der Waals surface area contributed by atoms with Crippen molar-refractivity contribution in [3.8, 4) is 11.4 Å². The molecule has 0 saturated carbocycles. The van der Waals surface area contributed by atoms with E-state index in [9.17, 15) is 4.79 Å². The number of benzene rings is 3. The third kappa shape index (κ3) is 3.21. The summed E-state index contributed by atoms with van der Waals surface area (Å²) in [5, 5.41) is 9.55. The maximum absolute atomic E-state index is 12.8. The normalized spacial score (nSPS) is 11.2. The summed E-state index contributed by atoms with van der Waals surface area (Å²) in [6.07, 6.45) is 0. The first-order chi connectivity index (χ1) is 14.7. The molecule has 2 aromatic heterocycles. The molecule has 0 atom stereocenters. The fourth-order valence-electron chi connectivity index (χ4n) is 3.31. The van der Waals surface area contributed by atoms with E-state index in [1.807, 2.05) is 60.7 Å². The lowest BCUT2D eigenvalue weighted by atomic mass is 10.2. The number of nitrogens with zero attached hydrogens (tertiary/aromatic N) is 5. The summed E-state index contributed by atoms with van der Waals surface area (Å²) >= 11 is 1.43. The van der Waals surface area contributed by atoms with Crippen LogP contribution >= 0.6 is 11.8 Å². The third-order valence-electron chi connectivity index (χ3n) is 4.81. The van der Waals surface area contributed by atoms with Gasteiger partial charge in [-0.2, -0.15) is 4.68 Å². The van der Waals surface area contributed by atoms with Gasteiger partial charge in [0.2, 0.25) is 0 Å². The second-order valence-corrected chi connectivity index (χ2v) is 7.51. The molecule has 0 bridgehead atoms. The molecule has 148 valence electrons. The second-order valence-electron chi connectivity index (χ2n) is 6.60. The largest absolute Gasteiger partial charge is 0.497 e. The van der Waals surface area contributed by atoms with Gasteiger partial charge in [0.05, 0.1) is 29.4 Å². The third-order valence-corrected chi connectivity index (χ3v) is 5.71. The topological polar surface area (TPSA) is 74.8 Å². The van der Waals surface area contributed by atoms with Crippen LogP contribution in [0.4, 0.5) is 0 Å². The lowest BCUT2D eigenvalue weighted by Gasteiger charge is -2.10. The Morgan fingerprint density at radius 2 is 1.67 bits per heavy atom. The minimum Gasteiger partial charge on any atom is -0.497 e. The number of imidazole rings is 1. The highest BCUT2D eigenvalue weighted by atomic mass is 32.2. The number of para-hydroxylation sites is 2. The van der Waals surface area contributed by atoms with E-state index in [1.54, 1.807) is 19.2 Å². The Labute approximate surface area is 175 Å². The smallest absolute Gasteiger partial charge is 0.278 e. The molecule has 0 amide bonds. The molecule has 3 aromatic carbocycles. The number of hydrogen-bond donors (Lipinski definition) is 0. The number of rotatable bonds is 5. The molecule has 5 aromatic rings. The van der Waals surface area contributed by atoms with Crippen LogP contribution in [0.5, 0.6) is 5.75 Å². The van der Waals surface area contributed by atoms with Gasteiger partial charge in [-0.3, -0.25) is 9.36 Å². The number of fused-ring (bicyclic) bond motifs is 2. The van der Waals surface area contributed by atoms with Crippen LogP contribution in [0.15, 0.2) is 82.7 Å². The van der Waals surface area contributed by atoms with E-state index in [0.29, 0.717) is 16.8 Å². The Kier molecular flexibility index (Phi) is 4.68. The maximum Gasteiger partial charge on any atom is 0.278 e. The van der Waals surface area contributed by atoms with Gasteiger partial charge in [0.1, 0.15) is 11.3 Å². The highest BCUT2D eigenvalue weighted by molar-refractivity contribution is 7.98. The van der Waals surface area contributed by atoms with Crippen molar-refractivity contribution in [2.45, 2.75) is 11.0 Å². The SMILES string of the molecule is COc1ccc(-n2c(SCn3nnc4ccccc4c3=O)nc3ccccc32)cc1. The molecular formula is C22H17N5O2S. The molecule has 0 N–H and O–H groups in total. The van der Waals surface area contributed by atoms with Crippen LogP contribution in [0.2, 0.25) is 0 Å². The van der Waals surface area contributed by atoms with Crippen LogP contribution in [0.1, 0.15) is 0 Å². The van der Waals surface area contributed by atoms with Gasteiger partial charge in [0.15, 0.2) is 5.16 Å². The standard InChI is InChI=1S/C22H17N5O2S/c1-29-16-12-10-15(11-13-16)27-20-9-5-4-8-19(20)23-22(27)30-14-26-21(28)17-6-2-3-7-18(17)24-25-26/h2-13H,14H2,1H3. The molecule has 7 nitrogen and oxygen atoms in total. The van der Waals surface area contributed by atoms with E-state index in [1.165, 1.54) is 16.4 Å². The van der Waals surface area contributed by atoms with Crippen LogP contribution < -0.4 is 10.3 Å². The molecule has 5 rings (SSSR count). The fourth-order valence-corrected chi connectivity index (χ4v) is 4.21. The molecule has 0 unspecified atom stereocenters. The number of methoxy groups -OCH3 is 1. The minimum atomic E-state index is -0.166. The van der Waals surface area contributed by atoms with Crippen molar-refractivity contribution in [1.82, 2.24) is 24.5 Å². The maximum atomic E-state index is 12.8. The summed E-state index contributed by atoms with van der Waals surface area (Å²) in [6.45, 7) is 0. The Morgan fingerprint density at radius 1 is 0.933 bits per heavy atom. The average Bonchev–Trinajstić information content (AvgIpc) is 3.17. The van der Waals surface area contributed by atoms with Crippen LogP contribution in [-0.4, -0.2) is 31.7 Å². The quantitative estimate of drug-likeness (QED) is 0.406. The van der Waals surface area contributed by atoms with Crippen molar-refractivity contribution in [1.29, 1.82) is 0 Å². The van der Waals surface area contributed by atoms with Gasteiger partial charge >= 0.3 is 0 Å². The van der Waals surface area contributed by atoms with Crippen molar-refractivity contribution in [2.75, 3.05) is 7.11 Å². The number of thioether (sulfide) groups is 1. The summed E-state index contributed by atoms with van der Waals surface area (Å²) in [4.78, 5) is 17.5. The predicted octanol–water partition coefficient (Wildman–Crippen LogP) is 3.89. The van der Waals surface area contributed by atoms with Crippen molar-refractivity contribution in [3.63, 3.8) is 0 Å². The van der Waals surface area contributed by atoms with E-state index >= 15 is 0 Å². The van der Waals surface area contributed by atoms with E-state index < -0.39 is 0 Å². The first kappa shape index (κ1) is 18.4. The van der Waals surface area contributed by atoms with Gasteiger partial charge < -0.3 is 4.74 Å². The van der Waals surface area contributed by atoms with Gasteiger partial charge in [0.25, 0.3) is 5.56 Å². The van der Waals surface area contributed by atoms with E-state index in [-0.39, 0.29) is 5.56 Å². The van der Waals surface area contributed by atoms with Crippen molar-refractivity contribution >= 4 is 33.7 Å². The number of ether oxygens (including phenoxy) is 1. The molecular weight excluding hydrogens is 398 g/mol. The first-order valence-electron chi connectivity index (χ1n) is 9.32. The van der Waals surface area contributed by atoms with Crippen molar-refractivity contribution < 1.29 is 4.74 Å². The predicted molar refractivity (Wildman–Crippen MR) is 117 cm³/mol. The summed E-state index contributed by atoms with van der Waals surface area (Å²) in [6, 6.07) is 23.0. The van der Waals surface area contributed by atoms with Gasteiger partial charge in [-0.1, -0.05) is 41.2 Å². The zero-order chi connectivity index (χ0) is 20.5. The van der Waals surface area contributed by atoms with Crippen LogP contribution in [0.25, 0.3) is 27.6 Å². The Bertz CT molecular complexity index is 1410. The first-order valence-corrected chi connectivity index (χ1v) is 10.3. The van der Waals surface area contributed by atoms with E-state index in [0.717, 1.165) is 27.6 Å². The van der Waals surface area contributed by atoms with Crippen LogP contribution in [0.3, 0.4) is 0 Å².